The third kappa shape index (κ3) is 3.33. The number of nitrogens with one attached hydrogen (secondary N) is 2. The average molecular weight is 256 g/mol. The van der Waals surface area contributed by atoms with Crippen LogP contribution in [-0.2, 0) is 6.61 Å². The van der Waals surface area contributed by atoms with Crippen LogP contribution in [0.1, 0.15) is 21.5 Å². The Morgan fingerprint density at radius 1 is 1.11 bits per heavy atom. The topological polar surface area (TPSA) is 61.4 Å². The molecule has 4 heteroatoms. The maximum absolute atomic E-state index is 12.0. The Morgan fingerprint density at radius 2 is 1.79 bits per heavy atom. The molecule has 0 aromatic heterocycles. The summed E-state index contributed by atoms with van der Waals surface area (Å²) in [7, 11) is 0. The molecule has 0 heterocycles. The van der Waals surface area contributed by atoms with Gasteiger partial charge in [-0.2, -0.15) is 0 Å². The summed E-state index contributed by atoms with van der Waals surface area (Å²) >= 11 is 0. The fourth-order valence-electron chi connectivity index (χ4n) is 1.71. The first-order chi connectivity index (χ1) is 9.20. The van der Waals surface area contributed by atoms with Gasteiger partial charge < -0.3 is 5.11 Å². The van der Waals surface area contributed by atoms with E-state index in [0.717, 1.165) is 11.3 Å². The van der Waals surface area contributed by atoms with Gasteiger partial charge in [-0.1, -0.05) is 35.9 Å². The molecule has 0 aliphatic carbocycles. The summed E-state index contributed by atoms with van der Waals surface area (Å²) in [6.07, 6.45) is 0. The number of carbonyl (C=O) groups is 1. The fourth-order valence-corrected chi connectivity index (χ4v) is 1.71. The predicted octanol–water partition coefficient (Wildman–Crippen LogP) is 2.24. The van der Waals surface area contributed by atoms with Gasteiger partial charge in [0.25, 0.3) is 5.91 Å². The van der Waals surface area contributed by atoms with Gasteiger partial charge in [0, 0.05) is 5.56 Å². The van der Waals surface area contributed by atoms with Crippen LogP contribution in [0.3, 0.4) is 0 Å². The third-order valence-corrected chi connectivity index (χ3v) is 2.80. The number of aliphatic hydroxyl groups excluding tert-OH is 1. The van der Waals surface area contributed by atoms with Gasteiger partial charge in [-0.05, 0) is 30.7 Å². The molecule has 0 spiro atoms. The van der Waals surface area contributed by atoms with Gasteiger partial charge in [-0.15, -0.1) is 0 Å². The molecule has 0 atom stereocenters. The lowest BCUT2D eigenvalue weighted by atomic mass is 10.1. The highest BCUT2D eigenvalue weighted by molar-refractivity contribution is 5.96. The normalized spacial score (nSPS) is 10.0. The van der Waals surface area contributed by atoms with Crippen LogP contribution in [0, 0.1) is 6.92 Å². The zero-order chi connectivity index (χ0) is 13.7. The van der Waals surface area contributed by atoms with E-state index in [0.29, 0.717) is 11.1 Å². The highest BCUT2D eigenvalue weighted by Gasteiger charge is 2.09. The predicted molar refractivity (Wildman–Crippen MR) is 74.6 cm³/mol. The maximum atomic E-state index is 12.0. The van der Waals surface area contributed by atoms with Crippen molar-refractivity contribution in [1.29, 1.82) is 0 Å². The molecule has 0 radical (unpaired) electrons. The number of hydrogen-bond donors (Lipinski definition) is 3. The summed E-state index contributed by atoms with van der Waals surface area (Å²) in [5.74, 6) is -0.273. The van der Waals surface area contributed by atoms with Gasteiger partial charge in [0.2, 0.25) is 0 Å². The van der Waals surface area contributed by atoms with Crippen molar-refractivity contribution in [1.82, 2.24) is 5.43 Å². The zero-order valence-corrected chi connectivity index (χ0v) is 10.7. The molecule has 2 aromatic rings. The molecule has 19 heavy (non-hydrogen) atoms. The van der Waals surface area contributed by atoms with Crippen LogP contribution in [0.25, 0.3) is 0 Å². The molecule has 0 bridgehead atoms. The number of carbonyl (C=O) groups excluding carboxylic acids is 1. The van der Waals surface area contributed by atoms with E-state index in [4.69, 9.17) is 0 Å². The molecular weight excluding hydrogens is 240 g/mol. The number of amides is 1. The Morgan fingerprint density at radius 3 is 2.47 bits per heavy atom. The monoisotopic (exact) mass is 256 g/mol. The number of anilines is 1. The van der Waals surface area contributed by atoms with Gasteiger partial charge in [-0.3, -0.25) is 15.6 Å². The molecule has 0 saturated carbocycles. The minimum atomic E-state index is -0.273. The van der Waals surface area contributed by atoms with E-state index in [-0.39, 0.29) is 12.5 Å². The Bertz CT molecular complexity index is 565. The van der Waals surface area contributed by atoms with Crippen LogP contribution in [0.4, 0.5) is 5.69 Å². The van der Waals surface area contributed by atoms with Crippen molar-refractivity contribution in [3.8, 4) is 0 Å². The second-order valence-electron chi connectivity index (χ2n) is 4.26. The Balaban J connectivity index is 2.03. The first-order valence-corrected chi connectivity index (χ1v) is 6.02. The molecule has 3 N–H and O–H groups in total. The van der Waals surface area contributed by atoms with E-state index in [1.807, 2.05) is 31.2 Å². The summed E-state index contributed by atoms with van der Waals surface area (Å²) in [5, 5.41) is 9.18. The van der Waals surface area contributed by atoms with Crippen LogP contribution in [0.5, 0.6) is 0 Å². The Hall–Kier alpha value is -2.33. The minimum absolute atomic E-state index is 0.159. The van der Waals surface area contributed by atoms with E-state index in [1.54, 1.807) is 24.3 Å². The van der Waals surface area contributed by atoms with Gasteiger partial charge in [0.15, 0.2) is 0 Å². The van der Waals surface area contributed by atoms with Gasteiger partial charge >= 0.3 is 0 Å². The zero-order valence-electron chi connectivity index (χ0n) is 10.7. The van der Waals surface area contributed by atoms with Crippen molar-refractivity contribution in [2.24, 2.45) is 0 Å². The molecular formula is C15H16N2O2. The largest absolute Gasteiger partial charge is 0.392 e. The lowest BCUT2D eigenvalue weighted by Gasteiger charge is -2.10. The number of benzene rings is 2. The van der Waals surface area contributed by atoms with E-state index in [9.17, 15) is 9.90 Å². The molecule has 0 aliphatic rings. The summed E-state index contributed by atoms with van der Waals surface area (Å²) < 4.78 is 0. The number of hydrazine groups is 1. The lowest BCUT2D eigenvalue weighted by Crippen LogP contribution is -2.30. The van der Waals surface area contributed by atoms with Crippen molar-refractivity contribution >= 4 is 11.6 Å². The molecule has 2 rings (SSSR count). The van der Waals surface area contributed by atoms with Crippen molar-refractivity contribution in [2.75, 3.05) is 5.43 Å². The summed E-state index contributed by atoms with van der Waals surface area (Å²) in [6.45, 7) is 1.84. The number of hydrogen-bond acceptors (Lipinski definition) is 3. The van der Waals surface area contributed by atoms with E-state index < -0.39 is 0 Å². The molecule has 2 aromatic carbocycles. The van der Waals surface area contributed by atoms with Crippen molar-refractivity contribution in [2.45, 2.75) is 13.5 Å². The molecule has 0 fully saturated rings. The number of aryl methyl sites for hydroxylation is 1. The van der Waals surface area contributed by atoms with Crippen molar-refractivity contribution in [3.63, 3.8) is 0 Å². The first-order valence-electron chi connectivity index (χ1n) is 6.02. The van der Waals surface area contributed by atoms with Crippen LogP contribution in [0.2, 0.25) is 0 Å². The quantitative estimate of drug-likeness (QED) is 0.735. The molecule has 0 saturated heterocycles. The maximum Gasteiger partial charge on any atom is 0.269 e. The van der Waals surface area contributed by atoms with E-state index in [1.165, 1.54) is 0 Å². The Kier molecular flexibility index (Phi) is 4.15. The number of rotatable bonds is 4. The fraction of sp³-hybridized carbons (Fsp3) is 0.133. The highest BCUT2D eigenvalue weighted by atomic mass is 16.3. The van der Waals surface area contributed by atoms with Crippen molar-refractivity contribution in [3.05, 3.63) is 65.2 Å². The molecule has 98 valence electrons. The van der Waals surface area contributed by atoms with Crippen LogP contribution in [-0.4, -0.2) is 11.0 Å². The van der Waals surface area contributed by atoms with Gasteiger partial charge in [-0.25, -0.2) is 0 Å². The summed E-state index contributed by atoms with van der Waals surface area (Å²) in [4.78, 5) is 12.0. The smallest absolute Gasteiger partial charge is 0.269 e. The second-order valence-corrected chi connectivity index (χ2v) is 4.26. The Labute approximate surface area is 112 Å². The molecule has 0 aliphatic heterocycles. The highest BCUT2D eigenvalue weighted by Crippen LogP contribution is 2.10. The standard InChI is InChI=1S/C15H16N2O2/c1-11-6-8-13(9-7-11)16-17-15(19)14-5-3-2-4-12(14)10-18/h2-9,16,18H,10H2,1H3,(H,17,19). The number of aliphatic hydroxyl groups is 1. The van der Waals surface area contributed by atoms with Crippen molar-refractivity contribution < 1.29 is 9.90 Å². The summed E-state index contributed by atoms with van der Waals surface area (Å²) in [6, 6.07) is 14.6. The van der Waals surface area contributed by atoms with Crippen LogP contribution < -0.4 is 10.9 Å². The van der Waals surface area contributed by atoms with E-state index in [2.05, 4.69) is 10.9 Å². The third-order valence-electron chi connectivity index (χ3n) is 2.80. The lowest BCUT2D eigenvalue weighted by molar-refractivity contribution is 0.0959. The van der Waals surface area contributed by atoms with Crippen LogP contribution in [0.15, 0.2) is 48.5 Å². The molecule has 0 unspecified atom stereocenters. The molecule has 1 amide bonds. The van der Waals surface area contributed by atoms with Crippen LogP contribution >= 0.6 is 0 Å². The summed E-state index contributed by atoms with van der Waals surface area (Å²) in [5.41, 5.74) is 8.48. The first kappa shape index (κ1) is 13.1. The average Bonchev–Trinajstić information content (AvgIpc) is 2.46. The molecule has 4 nitrogen and oxygen atoms in total. The van der Waals surface area contributed by atoms with Gasteiger partial charge in [0.1, 0.15) is 0 Å². The minimum Gasteiger partial charge on any atom is -0.392 e. The van der Waals surface area contributed by atoms with Gasteiger partial charge in [0.05, 0.1) is 12.3 Å². The SMILES string of the molecule is Cc1ccc(NNC(=O)c2ccccc2CO)cc1. The van der Waals surface area contributed by atoms with E-state index >= 15 is 0 Å². The second kappa shape index (κ2) is 6.02.